The van der Waals surface area contributed by atoms with Gasteiger partial charge < -0.3 is 10.1 Å². The number of nitrogens with zero attached hydrogens (tertiary/aromatic N) is 3. The first-order valence-electron chi connectivity index (χ1n) is 10.8. The van der Waals surface area contributed by atoms with Gasteiger partial charge in [0.15, 0.2) is 5.65 Å². The highest BCUT2D eigenvalue weighted by atomic mass is 79.9. The Morgan fingerprint density at radius 1 is 1.11 bits per heavy atom. The lowest BCUT2D eigenvalue weighted by molar-refractivity contribution is -0.192. The van der Waals surface area contributed by atoms with Gasteiger partial charge >= 0.3 is 17.8 Å². The van der Waals surface area contributed by atoms with E-state index in [2.05, 4.69) is 25.9 Å². The number of carboxylic acids is 1. The zero-order valence-corrected chi connectivity index (χ0v) is 21.6. The number of hydrogen-bond donors (Lipinski definition) is 2. The normalized spacial score (nSPS) is 12.1. The van der Waals surface area contributed by atoms with Gasteiger partial charge in [-0.1, -0.05) is 62.7 Å². The molecule has 3 rings (SSSR count). The molecule has 35 heavy (non-hydrogen) atoms. The van der Waals surface area contributed by atoms with Gasteiger partial charge in [-0.2, -0.15) is 13.2 Å². The minimum absolute atomic E-state index is 0.188. The van der Waals surface area contributed by atoms with Gasteiger partial charge in [-0.05, 0) is 29.0 Å². The standard InChI is InChI=1S/C21H27BrN4O2.C2HF3O2/c1-13(2)11-25-18-17(19(27)26(20(25)28)12-21(3,4)5)23-16(24-18)10-14-6-8-15(22)9-7-14;3-2(4,5)1(6)7/h6-9,13H,10-12H2,1-5H3,(H,23,24);(H,6,7). The molecule has 2 aromatic heterocycles. The van der Waals surface area contributed by atoms with Gasteiger partial charge in [0.1, 0.15) is 11.3 Å². The fourth-order valence-electron chi connectivity index (χ4n) is 3.24. The van der Waals surface area contributed by atoms with Crippen LogP contribution in [0.2, 0.25) is 0 Å². The number of hydrogen-bond acceptors (Lipinski definition) is 4. The Labute approximate surface area is 207 Å². The van der Waals surface area contributed by atoms with Gasteiger partial charge in [0.2, 0.25) is 0 Å². The van der Waals surface area contributed by atoms with E-state index in [-0.39, 0.29) is 22.6 Å². The van der Waals surface area contributed by atoms with Gasteiger partial charge in [-0.15, -0.1) is 0 Å². The van der Waals surface area contributed by atoms with E-state index >= 15 is 0 Å². The summed E-state index contributed by atoms with van der Waals surface area (Å²) in [6, 6.07) is 7.97. The Morgan fingerprint density at radius 3 is 2.11 bits per heavy atom. The number of fused-ring (bicyclic) bond motifs is 1. The van der Waals surface area contributed by atoms with Crippen molar-refractivity contribution < 1.29 is 23.1 Å². The summed E-state index contributed by atoms with van der Waals surface area (Å²) in [5, 5.41) is 7.12. The predicted octanol–water partition coefficient (Wildman–Crippen LogP) is 4.58. The maximum atomic E-state index is 13.1. The Balaban J connectivity index is 0.000000540. The molecule has 8 nitrogen and oxygen atoms in total. The summed E-state index contributed by atoms with van der Waals surface area (Å²) in [4.78, 5) is 42.8. The summed E-state index contributed by atoms with van der Waals surface area (Å²) in [5.41, 5.74) is 1.15. The molecule has 0 aliphatic heterocycles. The smallest absolute Gasteiger partial charge is 0.475 e. The van der Waals surface area contributed by atoms with E-state index in [1.807, 2.05) is 58.9 Å². The number of nitrogens with one attached hydrogen (secondary N) is 1. The van der Waals surface area contributed by atoms with Crippen LogP contribution in [0.5, 0.6) is 0 Å². The lowest BCUT2D eigenvalue weighted by Crippen LogP contribution is -2.43. The number of carbonyl (C=O) groups is 1. The van der Waals surface area contributed by atoms with E-state index in [1.54, 1.807) is 4.57 Å². The van der Waals surface area contributed by atoms with Crippen molar-refractivity contribution in [1.29, 1.82) is 0 Å². The number of aliphatic carboxylic acids is 1. The van der Waals surface area contributed by atoms with Gasteiger partial charge in [0.05, 0.1) is 0 Å². The van der Waals surface area contributed by atoms with Gasteiger partial charge in [-0.3, -0.25) is 13.9 Å². The van der Waals surface area contributed by atoms with Gasteiger partial charge in [0, 0.05) is 24.0 Å². The second-order valence-electron chi connectivity index (χ2n) is 9.73. The average Bonchev–Trinajstić information content (AvgIpc) is 3.13. The molecule has 3 aromatic rings. The topological polar surface area (TPSA) is 110 Å². The highest BCUT2D eigenvalue weighted by Crippen LogP contribution is 2.17. The monoisotopic (exact) mass is 560 g/mol. The number of aromatic nitrogens is 4. The van der Waals surface area contributed by atoms with Crippen LogP contribution in [0.3, 0.4) is 0 Å². The molecule has 12 heteroatoms. The van der Waals surface area contributed by atoms with Crippen LogP contribution in [-0.4, -0.2) is 36.4 Å². The molecule has 0 fully saturated rings. The molecular formula is C23H28BrF3N4O4. The third-order valence-corrected chi connectivity index (χ3v) is 5.15. The minimum Gasteiger partial charge on any atom is -0.475 e. The minimum atomic E-state index is -5.08. The molecule has 0 aliphatic carbocycles. The lowest BCUT2D eigenvalue weighted by Gasteiger charge is -2.20. The predicted molar refractivity (Wildman–Crippen MR) is 130 cm³/mol. The zero-order valence-electron chi connectivity index (χ0n) is 20.0. The summed E-state index contributed by atoms with van der Waals surface area (Å²) < 4.78 is 35.7. The first-order chi connectivity index (χ1) is 16.0. The molecule has 1 aromatic carbocycles. The summed E-state index contributed by atoms with van der Waals surface area (Å²) in [6.45, 7) is 11.0. The second kappa shape index (κ2) is 10.8. The molecule has 2 N–H and O–H groups in total. The fraction of sp³-hybridized carbons (Fsp3) is 0.478. The van der Waals surface area contributed by atoms with Crippen molar-refractivity contribution in [3.8, 4) is 0 Å². The molecule has 0 saturated carbocycles. The zero-order chi connectivity index (χ0) is 26.7. The number of alkyl halides is 3. The van der Waals surface area contributed by atoms with Crippen molar-refractivity contribution in [3.63, 3.8) is 0 Å². The first-order valence-corrected chi connectivity index (χ1v) is 11.6. The molecule has 0 spiro atoms. The highest BCUT2D eigenvalue weighted by Gasteiger charge is 2.38. The number of halogens is 4. The van der Waals surface area contributed by atoms with Gasteiger partial charge in [-0.25, -0.2) is 14.6 Å². The fourth-order valence-corrected chi connectivity index (χ4v) is 3.50. The number of imidazole rings is 1. The average molecular weight is 561 g/mol. The summed E-state index contributed by atoms with van der Waals surface area (Å²) in [6.07, 6.45) is -4.52. The van der Waals surface area contributed by atoms with E-state index in [4.69, 9.17) is 9.90 Å². The maximum absolute atomic E-state index is 13.1. The molecule has 192 valence electrons. The van der Waals surface area contributed by atoms with Crippen LogP contribution in [0.1, 0.15) is 46.0 Å². The SMILES string of the molecule is CC(C)Cn1c(=O)n(CC(C)(C)C)c(=O)c2[nH]c(Cc3ccc(Br)cc3)nc21.O=C(O)C(F)(F)F. The van der Waals surface area contributed by atoms with Crippen LogP contribution in [0, 0.1) is 11.3 Å². The summed E-state index contributed by atoms with van der Waals surface area (Å²) in [5.74, 6) is -1.82. The Kier molecular flexibility index (Phi) is 8.75. The van der Waals surface area contributed by atoms with E-state index in [1.165, 1.54) is 4.57 Å². The van der Waals surface area contributed by atoms with Crippen LogP contribution in [0.25, 0.3) is 11.2 Å². The van der Waals surface area contributed by atoms with Crippen molar-refractivity contribution in [2.75, 3.05) is 0 Å². The van der Waals surface area contributed by atoms with Crippen molar-refractivity contribution in [2.24, 2.45) is 11.3 Å². The van der Waals surface area contributed by atoms with Crippen LogP contribution in [-0.2, 0) is 24.3 Å². The van der Waals surface area contributed by atoms with E-state index < -0.39 is 12.1 Å². The molecule has 0 unspecified atom stereocenters. The van der Waals surface area contributed by atoms with E-state index in [0.29, 0.717) is 36.5 Å². The Hall–Kier alpha value is -2.89. The largest absolute Gasteiger partial charge is 0.490 e. The van der Waals surface area contributed by atoms with Crippen LogP contribution >= 0.6 is 15.9 Å². The molecule has 0 bridgehead atoms. The lowest BCUT2D eigenvalue weighted by atomic mass is 9.97. The molecule has 0 atom stereocenters. The van der Waals surface area contributed by atoms with Crippen molar-refractivity contribution in [1.82, 2.24) is 19.1 Å². The number of aromatic amines is 1. The number of carboxylic acid groups (broad SMARTS) is 1. The first kappa shape index (κ1) is 28.3. The number of benzene rings is 1. The molecule has 2 heterocycles. The molecule has 0 radical (unpaired) electrons. The van der Waals surface area contributed by atoms with Crippen LogP contribution in [0.4, 0.5) is 13.2 Å². The molecule has 0 amide bonds. The third kappa shape index (κ3) is 7.81. The summed E-state index contributed by atoms with van der Waals surface area (Å²) >= 11 is 3.44. The van der Waals surface area contributed by atoms with E-state index in [9.17, 15) is 22.8 Å². The number of H-pyrrole nitrogens is 1. The highest BCUT2D eigenvalue weighted by molar-refractivity contribution is 9.10. The summed E-state index contributed by atoms with van der Waals surface area (Å²) in [7, 11) is 0. The third-order valence-electron chi connectivity index (χ3n) is 4.62. The van der Waals surface area contributed by atoms with Crippen molar-refractivity contribution >= 4 is 33.1 Å². The maximum Gasteiger partial charge on any atom is 0.490 e. The van der Waals surface area contributed by atoms with Crippen molar-refractivity contribution in [2.45, 2.75) is 60.3 Å². The Morgan fingerprint density at radius 2 is 1.66 bits per heavy atom. The number of rotatable bonds is 5. The second-order valence-corrected chi connectivity index (χ2v) is 10.6. The quantitative estimate of drug-likeness (QED) is 0.474. The van der Waals surface area contributed by atoms with Crippen LogP contribution < -0.4 is 11.2 Å². The molecule has 0 aliphatic rings. The van der Waals surface area contributed by atoms with Gasteiger partial charge in [0.25, 0.3) is 5.56 Å². The van der Waals surface area contributed by atoms with E-state index in [0.717, 1.165) is 10.0 Å². The Bertz CT molecular complexity index is 1300. The molecule has 0 saturated heterocycles. The molecular weight excluding hydrogens is 533 g/mol. The van der Waals surface area contributed by atoms with Crippen molar-refractivity contribution in [3.05, 3.63) is 61.0 Å². The van der Waals surface area contributed by atoms with Crippen LogP contribution in [0.15, 0.2) is 38.3 Å².